The third kappa shape index (κ3) is 2.92. The topological polar surface area (TPSA) is 91.7 Å². The molecule has 0 aromatic carbocycles. The smallest absolute Gasteiger partial charge is 0.192 e. The molecule has 0 radical (unpaired) electrons. The van der Waals surface area contributed by atoms with Gasteiger partial charge in [0.05, 0.1) is 0 Å². The number of ether oxygens (including phenoxy) is 1. The van der Waals surface area contributed by atoms with Gasteiger partial charge in [-0.2, -0.15) is 5.10 Å². The molecule has 2 N–H and O–H groups in total. The molecule has 2 aromatic rings. The summed E-state index contributed by atoms with van der Waals surface area (Å²) in [5.41, 5.74) is 5.69. The third-order valence-corrected chi connectivity index (χ3v) is 2.88. The Morgan fingerprint density at radius 2 is 2.29 bits per heavy atom. The molecule has 0 fully saturated rings. The van der Waals surface area contributed by atoms with E-state index in [9.17, 15) is 0 Å². The first-order chi connectivity index (χ1) is 8.19. The highest BCUT2D eigenvalue weighted by atomic mass is 32.2. The van der Waals surface area contributed by atoms with Crippen molar-refractivity contribution in [1.29, 1.82) is 0 Å². The largest absolute Gasteiger partial charge is 0.384 e. The van der Waals surface area contributed by atoms with Crippen molar-refractivity contribution in [2.45, 2.75) is 16.8 Å². The fourth-order valence-corrected chi connectivity index (χ4v) is 2.01. The Morgan fingerprint density at radius 3 is 2.94 bits per heavy atom. The predicted molar refractivity (Wildman–Crippen MR) is 62.3 cm³/mol. The first-order valence-corrected chi connectivity index (χ1v) is 5.65. The molecule has 0 saturated carbocycles. The number of nitrogens with zero attached hydrogens (tertiary/aromatic N) is 5. The van der Waals surface area contributed by atoms with Crippen molar-refractivity contribution in [1.82, 2.24) is 24.7 Å². The van der Waals surface area contributed by atoms with E-state index in [2.05, 4.69) is 20.1 Å². The SMILES string of the molecule is COCc1nc(N)cc(Sc2ncnn2C)n1. The molecule has 8 heteroatoms. The lowest BCUT2D eigenvalue weighted by atomic mass is 10.5. The minimum Gasteiger partial charge on any atom is -0.384 e. The average Bonchev–Trinajstić information content (AvgIpc) is 2.64. The highest BCUT2D eigenvalue weighted by Gasteiger charge is 2.08. The Balaban J connectivity index is 2.23. The van der Waals surface area contributed by atoms with Crippen LogP contribution in [0.25, 0.3) is 0 Å². The van der Waals surface area contributed by atoms with Gasteiger partial charge in [0.1, 0.15) is 23.8 Å². The van der Waals surface area contributed by atoms with E-state index in [0.29, 0.717) is 18.2 Å². The molecule has 2 heterocycles. The Bertz CT molecular complexity index is 514. The lowest BCUT2D eigenvalue weighted by Gasteiger charge is -2.04. The lowest BCUT2D eigenvalue weighted by Crippen LogP contribution is -2.02. The summed E-state index contributed by atoms with van der Waals surface area (Å²) in [6, 6.07) is 1.69. The Hall–Kier alpha value is -1.67. The summed E-state index contributed by atoms with van der Waals surface area (Å²) in [5, 5.41) is 5.44. The molecule has 2 aromatic heterocycles. The van der Waals surface area contributed by atoms with Crippen LogP contribution in [0.1, 0.15) is 5.82 Å². The molecule has 0 spiro atoms. The standard InChI is InChI=1S/C9H12N6OS/c1-15-9(11-5-12-15)17-8-3-6(10)13-7(14-8)4-16-2/h3,5H,4H2,1-2H3,(H2,10,13,14). The predicted octanol–water partition coefficient (Wildman–Crippen LogP) is 0.485. The molecule has 17 heavy (non-hydrogen) atoms. The minimum absolute atomic E-state index is 0.331. The Kier molecular flexibility index (Phi) is 3.55. The van der Waals surface area contributed by atoms with Gasteiger partial charge < -0.3 is 10.5 Å². The van der Waals surface area contributed by atoms with Crippen LogP contribution in [-0.4, -0.2) is 31.8 Å². The maximum atomic E-state index is 5.69. The summed E-state index contributed by atoms with van der Waals surface area (Å²) < 4.78 is 6.64. The maximum Gasteiger partial charge on any atom is 0.192 e. The van der Waals surface area contributed by atoms with Gasteiger partial charge in [-0.3, -0.25) is 0 Å². The quantitative estimate of drug-likeness (QED) is 0.791. The van der Waals surface area contributed by atoms with Crippen LogP contribution in [-0.2, 0) is 18.4 Å². The average molecular weight is 252 g/mol. The molecule has 0 aliphatic carbocycles. The van der Waals surface area contributed by atoms with Gasteiger partial charge in [0.15, 0.2) is 11.0 Å². The van der Waals surface area contributed by atoms with Gasteiger partial charge in [-0.15, -0.1) is 0 Å². The molecular formula is C9H12N6OS. The molecule has 0 saturated heterocycles. The van der Waals surface area contributed by atoms with E-state index in [1.165, 1.54) is 18.1 Å². The normalized spacial score (nSPS) is 10.7. The van der Waals surface area contributed by atoms with Crippen LogP contribution < -0.4 is 5.73 Å². The van der Waals surface area contributed by atoms with E-state index in [1.807, 2.05) is 7.05 Å². The molecule has 0 bridgehead atoms. The van der Waals surface area contributed by atoms with Gasteiger partial charge in [0, 0.05) is 20.2 Å². The number of hydrogen-bond donors (Lipinski definition) is 1. The van der Waals surface area contributed by atoms with Gasteiger partial charge in [0.2, 0.25) is 0 Å². The number of aromatic nitrogens is 5. The first kappa shape index (κ1) is 11.8. The molecule has 0 unspecified atom stereocenters. The van der Waals surface area contributed by atoms with Crippen LogP contribution in [0, 0.1) is 0 Å². The lowest BCUT2D eigenvalue weighted by molar-refractivity contribution is 0.177. The van der Waals surface area contributed by atoms with E-state index < -0.39 is 0 Å². The van der Waals surface area contributed by atoms with E-state index in [4.69, 9.17) is 10.5 Å². The fourth-order valence-electron chi connectivity index (χ4n) is 1.21. The van der Waals surface area contributed by atoms with Crippen LogP contribution in [0.15, 0.2) is 22.6 Å². The van der Waals surface area contributed by atoms with Crippen molar-refractivity contribution >= 4 is 17.6 Å². The Morgan fingerprint density at radius 1 is 1.47 bits per heavy atom. The highest BCUT2D eigenvalue weighted by Crippen LogP contribution is 2.24. The van der Waals surface area contributed by atoms with Gasteiger partial charge in [-0.1, -0.05) is 0 Å². The van der Waals surface area contributed by atoms with Crippen molar-refractivity contribution < 1.29 is 4.74 Å². The summed E-state index contributed by atoms with van der Waals surface area (Å²) in [4.78, 5) is 12.5. The number of nitrogens with two attached hydrogens (primary N) is 1. The summed E-state index contributed by atoms with van der Waals surface area (Å²) in [7, 11) is 3.40. The van der Waals surface area contributed by atoms with Crippen molar-refractivity contribution in [2.24, 2.45) is 7.05 Å². The highest BCUT2D eigenvalue weighted by molar-refractivity contribution is 7.99. The van der Waals surface area contributed by atoms with Gasteiger partial charge in [-0.05, 0) is 11.8 Å². The second kappa shape index (κ2) is 5.11. The second-order valence-corrected chi connectivity index (χ2v) is 4.24. The zero-order valence-electron chi connectivity index (χ0n) is 9.49. The zero-order valence-corrected chi connectivity index (χ0v) is 10.3. The third-order valence-electron chi connectivity index (χ3n) is 1.91. The van der Waals surface area contributed by atoms with E-state index in [-0.39, 0.29) is 0 Å². The Labute approximate surface area is 102 Å². The molecule has 0 aliphatic rings. The van der Waals surface area contributed by atoms with Crippen molar-refractivity contribution in [2.75, 3.05) is 12.8 Å². The number of anilines is 1. The van der Waals surface area contributed by atoms with Gasteiger partial charge in [-0.25, -0.2) is 19.6 Å². The summed E-state index contributed by atoms with van der Waals surface area (Å²) in [6.45, 7) is 0.331. The maximum absolute atomic E-state index is 5.69. The van der Waals surface area contributed by atoms with Crippen LogP contribution in [0.3, 0.4) is 0 Å². The summed E-state index contributed by atoms with van der Waals surface area (Å²) >= 11 is 1.38. The molecular weight excluding hydrogens is 240 g/mol. The molecule has 7 nitrogen and oxygen atoms in total. The van der Waals surface area contributed by atoms with Crippen molar-refractivity contribution in [3.8, 4) is 0 Å². The van der Waals surface area contributed by atoms with Crippen LogP contribution in [0.5, 0.6) is 0 Å². The van der Waals surface area contributed by atoms with E-state index in [1.54, 1.807) is 17.9 Å². The van der Waals surface area contributed by atoms with Crippen LogP contribution in [0.2, 0.25) is 0 Å². The molecule has 0 atom stereocenters. The zero-order chi connectivity index (χ0) is 12.3. The first-order valence-electron chi connectivity index (χ1n) is 4.83. The summed E-state index contributed by atoms with van der Waals surface area (Å²) in [5.74, 6) is 0.967. The van der Waals surface area contributed by atoms with Crippen molar-refractivity contribution in [3.05, 3.63) is 18.2 Å². The van der Waals surface area contributed by atoms with E-state index >= 15 is 0 Å². The van der Waals surface area contributed by atoms with Crippen LogP contribution >= 0.6 is 11.8 Å². The van der Waals surface area contributed by atoms with E-state index in [0.717, 1.165) is 10.2 Å². The van der Waals surface area contributed by atoms with Gasteiger partial charge in [0.25, 0.3) is 0 Å². The molecule has 0 aliphatic heterocycles. The van der Waals surface area contributed by atoms with Crippen LogP contribution in [0.4, 0.5) is 5.82 Å². The number of methoxy groups -OCH3 is 1. The number of hydrogen-bond acceptors (Lipinski definition) is 7. The minimum atomic E-state index is 0.331. The van der Waals surface area contributed by atoms with Crippen molar-refractivity contribution in [3.63, 3.8) is 0 Å². The molecule has 2 rings (SSSR count). The molecule has 90 valence electrons. The summed E-state index contributed by atoms with van der Waals surface area (Å²) in [6.07, 6.45) is 1.49. The monoisotopic (exact) mass is 252 g/mol. The number of rotatable bonds is 4. The number of aryl methyl sites for hydroxylation is 1. The number of nitrogen functional groups attached to an aromatic ring is 1. The fraction of sp³-hybridized carbons (Fsp3) is 0.333. The molecule has 0 amide bonds. The second-order valence-electron chi connectivity index (χ2n) is 3.25. The van der Waals surface area contributed by atoms with Gasteiger partial charge >= 0.3 is 0 Å².